The van der Waals surface area contributed by atoms with Gasteiger partial charge in [-0.3, -0.25) is 0 Å². The Kier molecular flexibility index (Phi) is 12.8. The van der Waals surface area contributed by atoms with Crippen LogP contribution in [0.5, 0.6) is 0 Å². The van der Waals surface area contributed by atoms with Crippen LogP contribution in [0.3, 0.4) is 0 Å². The second-order valence-corrected chi connectivity index (χ2v) is 12.5. The Hall–Kier alpha value is -0.353. The summed E-state index contributed by atoms with van der Waals surface area (Å²) < 4.78 is 10.8. The van der Waals surface area contributed by atoms with Crippen LogP contribution in [0, 0.1) is 5.92 Å². The van der Waals surface area contributed by atoms with Crippen molar-refractivity contribution >= 4 is 14.3 Å². The first-order chi connectivity index (χ1) is 10.8. The number of rotatable bonds is 14. The van der Waals surface area contributed by atoms with Crippen LogP contribution in [-0.2, 0) is 14.0 Å². The van der Waals surface area contributed by atoms with Gasteiger partial charge in [0.05, 0.1) is 7.11 Å². The van der Waals surface area contributed by atoms with Gasteiger partial charge in [0.15, 0.2) is 8.32 Å². The Bertz CT molecular complexity index is 297. The summed E-state index contributed by atoms with van der Waals surface area (Å²) in [6, 6.07) is 0. The summed E-state index contributed by atoms with van der Waals surface area (Å²) in [6.45, 7) is 10.9. The highest BCUT2D eigenvalue weighted by atomic mass is 28.4. The molecule has 1 unspecified atom stereocenters. The lowest BCUT2D eigenvalue weighted by Crippen LogP contribution is -2.37. The zero-order chi connectivity index (χ0) is 17.7. The van der Waals surface area contributed by atoms with Crippen molar-refractivity contribution in [2.75, 3.05) is 7.11 Å². The van der Waals surface area contributed by atoms with E-state index in [0.29, 0.717) is 0 Å². The van der Waals surface area contributed by atoms with E-state index >= 15 is 0 Å². The van der Waals surface area contributed by atoms with Gasteiger partial charge < -0.3 is 9.16 Å². The van der Waals surface area contributed by atoms with Crippen LogP contribution in [0.25, 0.3) is 0 Å². The maximum Gasteiger partial charge on any atom is 0.333 e. The smallest absolute Gasteiger partial charge is 0.333 e. The Balaban J connectivity index is 3.65. The van der Waals surface area contributed by atoms with E-state index in [-0.39, 0.29) is 12.1 Å². The largest absolute Gasteiger partial charge is 0.467 e. The summed E-state index contributed by atoms with van der Waals surface area (Å²) in [5.74, 6) is 0.633. The van der Waals surface area contributed by atoms with Gasteiger partial charge in [0.25, 0.3) is 0 Å². The molecule has 0 N–H and O–H groups in total. The Morgan fingerprint density at radius 2 is 1.26 bits per heavy atom. The molecule has 4 heteroatoms. The fraction of sp³-hybridized carbons (Fsp3) is 0.947. The molecule has 0 fully saturated rings. The number of unbranched alkanes of at least 4 members (excludes halogenated alkanes) is 7. The van der Waals surface area contributed by atoms with Gasteiger partial charge in [0, 0.05) is 0 Å². The molecule has 0 aromatic carbocycles. The third kappa shape index (κ3) is 14.9. The summed E-state index contributed by atoms with van der Waals surface area (Å²) >= 11 is 0. The topological polar surface area (TPSA) is 35.5 Å². The number of carbonyl (C=O) groups is 1. The maximum atomic E-state index is 11.8. The van der Waals surface area contributed by atoms with Crippen molar-refractivity contribution in [1.29, 1.82) is 0 Å². The average Bonchev–Trinajstić information content (AvgIpc) is 2.45. The molecular weight excluding hydrogens is 304 g/mol. The summed E-state index contributed by atoms with van der Waals surface area (Å²) in [4.78, 5) is 11.8. The van der Waals surface area contributed by atoms with Gasteiger partial charge in [0.1, 0.15) is 6.10 Å². The number of hydrogen-bond acceptors (Lipinski definition) is 3. The quantitative estimate of drug-likeness (QED) is 0.222. The molecule has 0 aromatic heterocycles. The van der Waals surface area contributed by atoms with Crippen LogP contribution in [0.4, 0.5) is 0 Å². The van der Waals surface area contributed by atoms with Crippen molar-refractivity contribution in [1.82, 2.24) is 0 Å². The van der Waals surface area contributed by atoms with Crippen molar-refractivity contribution in [3.63, 3.8) is 0 Å². The highest BCUT2D eigenvalue weighted by Crippen LogP contribution is 2.17. The lowest BCUT2D eigenvalue weighted by molar-refractivity contribution is -0.149. The summed E-state index contributed by atoms with van der Waals surface area (Å²) in [7, 11) is -0.256. The Morgan fingerprint density at radius 1 is 0.826 bits per heavy atom. The molecule has 138 valence electrons. The maximum absolute atomic E-state index is 11.8. The molecule has 0 amide bonds. The van der Waals surface area contributed by atoms with E-state index in [2.05, 4.69) is 33.5 Å². The van der Waals surface area contributed by atoms with Crippen molar-refractivity contribution in [3.05, 3.63) is 0 Å². The summed E-state index contributed by atoms with van der Waals surface area (Å²) in [6.07, 6.45) is 12.1. The first-order valence-corrected chi connectivity index (χ1v) is 12.9. The molecule has 0 aliphatic rings. The molecular formula is C19H40O3Si. The highest BCUT2D eigenvalue weighted by Gasteiger charge is 2.26. The van der Waals surface area contributed by atoms with Gasteiger partial charge in [-0.1, -0.05) is 71.6 Å². The monoisotopic (exact) mass is 344 g/mol. The number of hydrogen-bond donors (Lipinski definition) is 0. The molecule has 0 saturated heterocycles. The minimum absolute atomic E-state index is 0.211. The molecule has 0 radical (unpaired) electrons. The summed E-state index contributed by atoms with van der Waals surface area (Å²) in [5.41, 5.74) is 0. The molecule has 0 rings (SSSR count). The van der Waals surface area contributed by atoms with Crippen LogP contribution in [0.15, 0.2) is 0 Å². The van der Waals surface area contributed by atoms with Crippen LogP contribution < -0.4 is 0 Å². The fourth-order valence-electron chi connectivity index (χ4n) is 2.73. The van der Waals surface area contributed by atoms with Gasteiger partial charge in [-0.05, 0) is 32.0 Å². The van der Waals surface area contributed by atoms with Gasteiger partial charge in [-0.2, -0.15) is 0 Å². The van der Waals surface area contributed by atoms with Crippen LogP contribution >= 0.6 is 0 Å². The zero-order valence-electron chi connectivity index (χ0n) is 16.5. The molecule has 23 heavy (non-hydrogen) atoms. The predicted molar refractivity (Wildman–Crippen MR) is 101 cm³/mol. The van der Waals surface area contributed by atoms with E-state index in [1.807, 2.05) is 0 Å². The molecule has 0 heterocycles. The molecule has 0 spiro atoms. The second-order valence-electron chi connectivity index (χ2n) is 8.04. The number of carbonyl (C=O) groups excluding carboxylic acids is 1. The third-order valence-electron chi connectivity index (χ3n) is 3.96. The lowest BCUT2D eigenvalue weighted by atomic mass is 10.0. The molecule has 0 aromatic rings. The molecule has 0 aliphatic carbocycles. The Morgan fingerprint density at radius 3 is 1.65 bits per heavy atom. The molecule has 0 bridgehead atoms. The first kappa shape index (κ1) is 22.6. The fourth-order valence-corrected chi connectivity index (χ4v) is 3.79. The van der Waals surface area contributed by atoms with Crippen LogP contribution in [0.1, 0.15) is 78.1 Å². The van der Waals surface area contributed by atoms with E-state index in [4.69, 9.17) is 9.16 Å². The number of methoxy groups -OCH3 is 1. The van der Waals surface area contributed by atoms with Crippen molar-refractivity contribution in [2.45, 2.75) is 104 Å². The number of esters is 1. The van der Waals surface area contributed by atoms with Crippen LogP contribution in [-0.4, -0.2) is 27.5 Å². The van der Waals surface area contributed by atoms with Gasteiger partial charge in [0.2, 0.25) is 0 Å². The molecule has 1 atom stereocenters. The van der Waals surface area contributed by atoms with E-state index in [9.17, 15) is 4.79 Å². The van der Waals surface area contributed by atoms with Crippen molar-refractivity contribution < 1.29 is 14.0 Å². The lowest BCUT2D eigenvalue weighted by Gasteiger charge is -2.24. The van der Waals surface area contributed by atoms with E-state index in [1.54, 1.807) is 0 Å². The molecule has 3 nitrogen and oxygen atoms in total. The number of ether oxygens (including phenoxy) is 1. The van der Waals surface area contributed by atoms with Gasteiger partial charge >= 0.3 is 5.97 Å². The van der Waals surface area contributed by atoms with Gasteiger partial charge in [-0.25, -0.2) is 4.79 Å². The normalized spacial score (nSPS) is 13.3. The average molecular weight is 345 g/mol. The zero-order valence-corrected chi connectivity index (χ0v) is 17.5. The molecule has 0 aliphatic heterocycles. The van der Waals surface area contributed by atoms with Crippen LogP contribution in [0.2, 0.25) is 19.6 Å². The SMILES string of the molecule is COC(=O)C(CCCCCCCCCCC(C)C)O[Si](C)(C)C. The summed E-state index contributed by atoms with van der Waals surface area (Å²) in [5, 5.41) is 0. The van der Waals surface area contributed by atoms with Crippen molar-refractivity contribution in [3.8, 4) is 0 Å². The minimum atomic E-state index is -1.70. The standard InChI is InChI=1S/C19H40O3Si/c1-17(2)15-13-11-9-7-8-10-12-14-16-18(19(20)21-3)22-23(4,5)6/h17-18H,7-16H2,1-6H3. The van der Waals surface area contributed by atoms with E-state index < -0.39 is 8.32 Å². The van der Waals surface area contributed by atoms with E-state index in [1.165, 1.54) is 58.5 Å². The first-order valence-electron chi connectivity index (χ1n) is 9.52. The molecule has 0 saturated carbocycles. The Labute approximate surface area is 145 Å². The van der Waals surface area contributed by atoms with E-state index in [0.717, 1.165) is 18.8 Å². The minimum Gasteiger partial charge on any atom is -0.467 e. The predicted octanol–water partition coefficient (Wildman–Crippen LogP) is 5.94. The highest BCUT2D eigenvalue weighted by molar-refractivity contribution is 6.69. The van der Waals surface area contributed by atoms with Crippen molar-refractivity contribution in [2.24, 2.45) is 5.92 Å². The van der Waals surface area contributed by atoms with Gasteiger partial charge in [-0.15, -0.1) is 0 Å². The second kappa shape index (κ2) is 13.0. The third-order valence-corrected chi connectivity index (χ3v) is 4.95.